The number of rotatable bonds is 3. The molecule has 1 saturated carbocycles. The second-order valence-corrected chi connectivity index (χ2v) is 11.6. The van der Waals surface area contributed by atoms with Crippen LogP contribution in [0.1, 0.15) is 72.3 Å². The second-order valence-electron chi connectivity index (χ2n) is 11.6. The fourth-order valence-electron chi connectivity index (χ4n) is 5.89. The van der Waals surface area contributed by atoms with Gasteiger partial charge in [0.1, 0.15) is 23.4 Å². The van der Waals surface area contributed by atoms with Gasteiger partial charge >= 0.3 is 6.09 Å². The molecule has 1 aliphatic carbocycles. The van der Waals surface area contributed by atoms with Gasteiger partial charge in [-0.05, 0) is 53.4 Å². The van der Waals surface area contributed by atoms with E-state index in [-0.39, 0.29) is 31.0 Å². The van der Waals surface area contributed by atoms with Crippen molar-refractivity contribution in [3.05, 3.63) is 12.5 Å². The zero-order valence-electron chi connectivity index (χ0n) is 21.8. The lowest BCUT2D eigenvalue weighted by Gasteiger charge is -2.41. The van der Waals surface area contributed by atoms with Crippen molar-refractivity contribution >= 4 is 28.6 Å². The molecule has 2 saturated heterocycles. The maximum absolute atomic E-state index is 14.4. The Kier molecular flexibility index (Phi) is 6.49. The number of amides is 1. The third-order valence-electron chi connectivity index (χ3n) is 7.57. The number of ether oxygens (including phenoxy) is 1. The number of hydrogen-bond donors (Lipinski definition) is 0. The van der Waals surface area contributed by atoms with Crippen LogP contribution in [-0.4, -0.2) is 75.8 Å². The Morgan fingerprint density at radius 2 is 1.86 bits per heavy atom. The van der Waals surface area contributed by atoms with Crippen molar-refractivity contribution in [2.24, 2.45) is 0 Å². The summed E-state index contributed by atoms with van der Waals surface area (Å²) >= 11 is 0. The summed E-state index contributed by atoms with van der Waals surface area (Å²) in [6, 6.07) is -0.269. The molecule has 0 aromatic carbocycles. The topological polar surface area (TPSA) is 66.7 Å². The zero-order chi connectivity index (χ0) is 25.7. The minimum absolute atomic E-state index is 0.0122. The van der Waals surface area contributed by atoms with Crippen molar-refractivity contribution in [1.82, 2.24) is 19.4 Å². The van der Waals surface area contributed by atoms with Gasteiger partial charge < -0.3 is 24.0 Å². The van der Waals surface area contributed by atoms with Crippen LogP contribution in [-0.2, 0) is 4.74 Å². The van der Waals surface area contributed by atoms with Gasteiger partial charge in [-0.3, -0.25) is 0 Å². The van der Waals surface area contributed by atoms with Crippen LogP contribution in [0.25, 0.3) is 11.0 Å². The molecule has 2 atom stereocenters. The third kappa shape index (κ3) is 4.95. The first-order valence-corrected chi connectivity index (χ1v) is 13.3. The van der Waals surface area contributed by atoms with Crippen LogP contribution in [0.5, 0.6) is 0 Å². The van der Waals surface area contributed by atoms with Crippen molar-refractivity contribution in [2.75, 3.05) is 42.5 Å². The van der Waals surface area contributed by atoms with Gasteiger partial charge in [0.25, 0.3) is 0 Å². The molecule has 2 aliphatic heterocycles. The monoisotopic (exact) mass is 504 g/mol. The zero-order valence-corrected chi connectivity index (χ0v) is 21.8. The summed E-state index contributed by atoms with van der Waals surface area (Å²) in [5.74, 6) is -1.82. The van der Waals surface area contributed by atoms with Crippen LogP contribution in [0, 0.1) is 0 Å². The van der Waals surface area contributed by atoms with Crippen LogP contribution in [0.15, 0.2) is 12.5 Å². The smallest absolute Gasteiger partial charge is 0.410 e. The normalized spacial score (nSPS) is 25.0. The molecule has 4 heterocycles. The summed E-state index contributed by atoms with van der Waals surface area (Å²) in [4.78, 5) is 28.3. The molecule has 10 heteroatoms. The minimum Gasteiger partial charge on any atom is -0.444 e. The van der Waals surface area contributed by atoms with E-state index in [9.17, 15) is 13.6 Å². The van der Waals surface area contributed by atoms with Crippen LogP contribution >= 0.6 is 0 Å². The lowest BCUT2D eigenvalue weighted by Crippen LogP contribution is -2.54. The molecule has 8 nitrogen and oxygen atoms in total. The molecule has 198 valence electrons. The van der Waals surface area contributed by atoms with Gasteiger partial charge in [-0.1, -0.05) is 0 Å². The Morgan fingerprint density at radius 1 is 1.11 bits per heavy atom. The molecule has 1 amide bonds. The number of hydrogen-bond acceptors (Lipinski definition) is 6. The molecular formula is C26H38F2N6O2. The molecule has 2 aromatic heterocycles. The number of fused-ring (bicyclic) bond motifs is 1. The van der Waals surface area contributed by atoms with Gasteiger partial charge in [-0.2, -0.15) is 0 Å². The Morgan fingerprint density at radius 3 is 2.53 bits per heavy atom. The number of piperazine rings is 1. The molecule has 0 radical (unpaired) electrons. The quantitative estimate of drug-likeness (QED) is 0.571. The predicted octanol–water partition coefficient (Wildman–Crippen LogP) is 5.23. The number of alkyl halides is 2. The van der Waals surface area contributed by atoms with E-state index in [0.29, 0.717) is 26.1 Å². The Balaban J connectivity index is 1.49. The van der Waals surface area contributed by atoms with Crippen molar-refractivity contribution in [3.8, 4) is 0 Å². The van der Waals surface area contributed by atoms with Crippen LogP contribution in [0.2, 0.25) is 0 Å². The van der Waals surface area contributed by atoms with Gasteiger partial charge in [-0.15, -0.1) is 0 Å². The molecule has 3 fully saturated rings. The summed E-state index contributed by atoms with van der Waals surface area (Å²) in [6.45, 7) is 11.2. The number of anilines is 2. The highest BCUT2D eigenvalue weighted by Gasteiger charge is 2.39. The summed E-state index contributed by atoms with van der Waals surface area (Å²) < 4.78 is 36.3. The average Bonchev–Trinajstić information content (AvgIpc) is 3.45. The molecule has 3 aliphatic rings. The van der Waals surface area contributed by atoms with Gasteiger partial charge in [0.05, 0.1) is 11.1 Å². The van der Waals surface area contributed by atoms with E-state index in [4.69, 9.17) is 9.72 Å². The summed E-state index contributed by atoms with van der Waals surface area (Å²) in [5.41, 5.74) is 1.22. The highest BCUT2D eigenvalue weighted by atomic mass is 19.3. The number of carbonyl (C=O) groups is 1. The van der Waals surface area contributed by atoms with E-state index in [1.54, 1.807) is 11.2 Å². The first-order chi connectivity index (χ1) is 17.0. The molecule has 1 unspecified atom stereocenters. The fourth-order valence-corrected chi connectivity index (χ4v) is 5.89. The Labute approximate surface area is 211 Å². The molecule has 5 rings (SSSR count). The van der Waals surface area contributed by atoms with E-state index in [1.165, 1.54) is 0 Å². The Hall–Kier alpha value is -2.65. The summed E-state index contributed by atoms with van der Waals surface area (Å²) in [6.07, 6.45) is 6.56. The number of carbonyl (C=O) groups excluding carboxylic acids is 1. The standard InChI is InChI=1S/C26H38F2N6O2/c1-18-15-32(24(35)36-25(2,3)4)12-13-33(18)22-21-20(31-10-5-6-11-31)16-34(23(21)30-17-29-22)19-8-7-9-26(27,28)14-19/h16-19H,5-15H2,1-4H3/t18-,19?/m0/s1. The first kappa shape index (κ1) is 25.0. The Bertz CT molecular complexity index is 1110. The molecule has 2 aromatic rings. The van der Waals surface area contributed by atoms with Crippen LogP contribution < -0.4 is 9.80 Å². The van der Waals surface area contributed by atoms with Gasteiger partial charge in [0, 0.05) is 63.8 Å². The van der Waals surface area contributed by atoms with Gasteiger partial charge in [-0.25, -0.2) is 23.5 Å². The minimum atomic E-state index is -2.64. The maximum Gasteiger partial charge on any atom is 0.410 e. The van der Waals surface area contributed by atoms with Crippen molar-refractivity contribution in [3.63, 3.8) is 0 Å². The largest absolute Gasteiger partial charge is 0.444 e. The highest BCUT2D eigenvalue weighted by molar-refractivity contribution is 6.00. The maximum atomic E-state index is 14.4. The van der Waals surface area contributed by atoms with Crippen molar-refractivity contribution in [2.45, 2.75) is 89.8 Å². The van der Waals surface area contributed by atoms with Gasteiger partial charge in [0.15, 0.2) is 0 Å². The molecule has 0 spiro atoms. The second kappa shape index (κ2) is 9.34. The molecule has 0 N–H and O–H groups in total. The molecule has 36 heavy (non-hydrogen) atoms. The predicted molar refractivity (Wildman–Crippen MR) is 136 cm³/mol. The van der Waals surface area contributed by atoms with Crippen molar-refractivity contribution in [1.29, 1.82) is 0 Å². The lowest BCUT2D eigenvalue weighted by atomic mass is 9.92. The number of halogens is 2. The number of aromatic nitrogens is 3. The SMILES string of the molecule is C[C@H]1CN(C(=O)OC(C)(C)C)CCN1c1ncnc2c1c(N1CCCC1)cn2C1CCCC(F)(F)C1. The number of nitrogens with zero attached hydrogens (tertiary/aromatic N) is 6. The first-order valence-electron chi connectivity index (χ1n) is 13.3. The van der Waals surface area contributed by atoms with E-state index in [2.05, 4.69) is 21.7 Å². The van der Waals surface area contributed by atoms with Crippen LogP contribution in [0.4, 0.5) is 25.1 Å². The van der Waals surface area contributed by atoms with E-state index >= 15 is 0 Å². The van der Waals surface area contributed by atoms with Crippen molar-refractivity contribution < 1.29 is 18.3 Å². The van der Waals surface area contributed by atoms with Gasteiger partial charge in [0.2, 0.25) is 5.92 Å². The molecular weight excluding hydrogens is 466 g/mol. The fraction of sp³-hybridized carbons (Fsp3) is 0.731. The molecule has 0 bridgehead atoms. The summed E-state index contributed by atoms with van der Waals surface area (Å²) in [5, 5.41) is 0.936. The summed E-state index contributed by atoms with van der Waals surface area (Å²) in [7, 11) is 0. The third-order valence-corrected chi connectivity index (χ3v) is 7.57. The van der Waals surface area contributed by atoms with E-state index < -0.39 is 11.5 Å². The van der Waals surface area contributed by atoms with E-state index in [1.807, 2.05) is 31.5 Å². The lowest BCUT2D eigenvalue weighted by molar-refractivity contribution is -0.0490. The van der Waals surface area contributed by atoms with E-state index in [0.717, 1.165) is 54.9 Å². The van der Waals surface area contributed by atoms with Crippen LogP contribution in [0.3, 0.4) is 0 Å². The average molecular weight is 505 g/mol. The highest BCUT2D eigenvalue weighted by Crippen LogP contribution is 2.44.